The summed E-state index contributed by atoms with van der Waals surface area (Å²) < 4.78 is 0. The molecule has 3 heterocycles. The second kappa shape index (κ2) is 10.4. The van der Waals surface area contributed by atoms with Crippen molar-refractivity contribution in [2.75, 3.05) is 9.80 Å². The van der Waals surface area contributed by atoms with Crippen molar-refractivity contribution in [3.05, 3.63) is 88.7 Å². The molecule has 2 aliphatic heterocycles. The van der Waals surface area contributed by atoms with Crippen LogP contribution >= 0.6 is 0 Å². The van der Waals surface area contributed by atoms with Crippen LogP contribution in [0.15, 0.2) is 60.9 Å². The lowest BCUT2D eigenvalue weighted by Crippen LogP contribution is -2.64. The molecule has 0 saturated carbocycles. The van der Waals surface area contributed by atoms with Gasteiger partial charge in [0.25, 0.3) is 0 Å². The normalized spacial score (nSPS) is 20.2. The SMILES string of the molecule is Cc1cc(C)cc(N2C(=O)NC(=O)[C@@H](C(c3ccncc3)[C@H]3C(=O)NC(=O)N(c4cc(C)cc(C)c4)C3=O)C2=O)c1. The van der Waals surface area contributed by atoms with Crippen molar-refractivity contribution < 1.29 is 28.8 Å². The zero-order valence-electron chi connectivity index (χ0n) is 22.8. The molecular weight excluding hydrogens is 526 g/mol. The van der Waals surface area contributed by atoms with E-state index in [-0.39, 0.29) is 16.9 Å². The minimum Gasteiger partial charge on any atom is -0.277 e. The van der Waals surface area contributed by atoms with Gasteiger partial charge in [-0.25, -0.2) is 19.4 Å². The molecular formula is C30H27N5O6. The number of barbiturate groups is 2. The van der Waals surface area contributed by atoms with Crippen molar-refractivity contribution in [2.45, 2.75) is 33.6 Å². The molecule has 2 aromatic carbocycles. The van der Waals surface area contributed by atoms with E-state index in [2.05, 4.69) is 15.6 Å². The molecule has 3 atom stereocenters. The molecule has 2 aliphatic rings. The predicted octanol–water partition coefficient (Wildman–Crippen LogP) is 3.20. The van der Waals surface area contributed by atoms with E-state index >= 15 is 0 Å². The van der Waals surface area contributed by atoms with Crippen molar-refractivity contribution in [1.82, 2.24) is 15.6 Å². The van der Waals surface area contributed by atoms with Gasteiger partial charge in [0.2, 0.25) is 23.6 Å². The van der Waals surface area contributed by atoms with E-state index in [1.807, 2.05) is 12.1 Å². The first-order chi connectivity index (χ1) is 19.5. The van der Waals surface area contributed by atoms with Crippen LogP contribution in [-0.2, 0) is 19.2 Å². The molecule has 1 unspecified atom stereocenters. The van der Waals surface area contributed by atoms with Gasteiger partial charge in [-0.2, -0.15) is 0 Å². The van der Waals surface area contributed by atoms with Gasteiger partial charge in [0.05, 0.1) is 11.4 Å². The number of pyridine rings is 1. The van der Waals surface area contributed by atoms with E-state index in [1.54, 1.807) is 52.0 Å². The second-order valence-corrected chi connectivity index (χ2v) is 10.4. The third-order valence-electron chi connectivity index (χ3n) is 7.14. The number of urea groups is 2. The molecule has 11 heteroatoms. The van der Waals surface area contributed by atoms with Crippen LogP contribution in [0.1, 0.15) is 33.7 Å². The molecule has 2 saturated heterocycles. The van der Waals surface area contributed by atoms with Crippen molar-refractivity contribution in [3.63, 3.8) is 0 Å². The monoisotopic (exact) mass is 553 g/mol. The molecule has 41 heavy (non-hydrogen) atoms. The van der Waals surface area contributed by atoms with Gasteiger partial charge in [-0.1, -0.05) is 12.1 Å². The lowest BCUT2D eigenvalue weighted by Gasteiger charge is -2.39. The number of nitrogens with one attached hydrogen (secondary N) is 2. The molecule has 0 spiro atoms. The quantitative estimate of drug-likeness (QED) is 0.462. The summed E-state index contributed by atoms with van der Waals surface area (Å²) in [6.07, 6.45) is 2.80. The van der Waals surface area contributed by atoms with Crippen LogP contribution in [0, 0.1) is 39.5 Å². The summed E-state index contributed by atoms with van der Waals surface area (Å²) in [5.74, 6) is -8.42. The number of imide groups is 4. The molecule has 5 rings (SSSR count). The Morgan fingerprint density at radius 2 is 0.976 bits per heavy atom. The maximum absolute atomic E-state index is 14.1. The highest BCUT2D eigenvalue weighted by atomic mass is 16.2. The van der Waals surface area contributed by atoms with Crippen LogP contribution in [0.4, 0.5) is 21.0 Å². The van der Waals surface area contributed by atoms with Gasteiger partial charge in [0.1, 0.15) is 11.8 Å². The first-order valence-electron chi connectivity index (χ1n) is 12.9. The molecule has 2 fully saturated rings. The highest BCUT2D eigenvalue weighted by molar-refractivity contribution is 6.31. The summed E-state index contributed by atoms with van der Waals surface area (Å²) in [4.78, 5) is 86.5. The first kappa shape index (κ1) is 27.4. The molecule has 0 radical (unpaired) electrons. The van der Waals surface area contributed by atoms with E-state index in [1.165, 1.54) is 24.5 Å². The Morgan fingerprint density at radius 3 is 1.34 bits per heavy atom. The maximum atomic E-state index is 14.1. The van der Waals surface area contributed by atoms with Crippen molar-refractivity contribution >= 4 is 47.1 Å². The van der Waals surface area contributed by atoms with E-state index in [0.717, 1.165) is 32.1 Å². The molecule has 11 nitrogen and oxygen atoms in total. The summed E-state index contributed by atoms with van der Waals surface area (Å²) in [7, 11) is 0. The lowest BCUT2D eigenvalue weighted by atomic mass is 9.73. The Morgan fingerprint density at radius 1 is 0.610 bits per heavy atom. The third-order valence-corrected chi connectivity index (χ3v) is 7.14. The fourth-order valence-electron chi connectivity index (χ4n) is 5.63. The topological polar surface area (TPSA) is 146 Å². The van der Waals surface area contributed by atoms with E-state index in [0.29, 0.717) is 0 Å². The molecule has 0 bridgehead atoms. The number of nitrogens with zero attached hydrogens (tertiary/aromatic N) is 3. The molecule has 208 valence electrons. The van der Waals surface area contributed by atoms with Crippen LogP contribution in [-0.4, -0.2) is 40.7 Å². The standard InChI is InChI=1S/C30H27N5O6/c1-15-9-16(2)12-20(11-15)34-27(38)23(25(36)32-29(34)40)22(19-5-7-31-8-6-19)24-26(37)33-30(41)35(28(24)39)21-13-17(3)10-18(4)14-21/h5-14,22-24H,1-4H3,(H,32,36,40)(H,33,37,41)/t22?,23-,24+. The summed E-state index contributed by atoms with van der Waals surface area (Å²) in [5, 5.41) is 4.44. The Balaban J connectivity index is 1.64. The van der Waals surface area contributed by atoms with Crippen LogP contribution in [0.5, 0.6) is 0 Å². The smallest absolute Gasteiger partial charge is 0.277 e. The number of anilines is 2. The number of hydrogen-bond acceptors (Lipinski definition) is 7. The zero-order chi connectivity index (χ0) is 29.6. The van der Waals surface area contributed by atoms with Crippen LogP contribution in [0.25, 0.3) is 0 Å². The Hall–Kier alpha value is -5.19. The number of carbonyl (C=O) groups excluding carboxylic acids is 6. The fraction of sp³-hybridized carbons (Fsp3) is 0.233. The van der Waals surface area contributed by atoms with Crippen molar-refractivity contribution in [2.24, 2.45) is 11.8 Å². The van der Waals surface area contributed by atoms with E-state index in [4.69, 9.17) is 0 Å². The van der Waals surface area contributed by atoms with Crippen LogP contribution in [0.2, 0.25) is 0 Å². The maximum Gasteiger partial charge on any atom is 0.335 e. The fourth-order valence-corrected chi connectivity index (χ4v) is 5.63. The summed E-state index contributed by atoms with van der Waals surface area (Å²) >= 11 is 0. The van der Waals surface area contributed by atoms with Gasteiger partial charge in [0, 0.05) is 18.3 Å². The zero-order valence-corrected chi connectivity index (χ0v) is 22.8. The van der Waals surface area contributed by atoms with Gasteiger partial charge in [0.15, 0.2) is 0 Å². The van der Waals surface area contributed by atoms with Gasteiger partial charge < -0.3 is 0 Å². The Kier molecular flexibility index (Phi) is 6.96. The number of aryl methyl sites for hydroxylation is 4. The number of benzene rings is 2. The van der Waals surface area contributed by atoms with Crippen molar-refractivity contribution in [1.29, 1.82) is 0 Å². The van der Waals surface area contributed by atoms with Gasteiger partial charge in [-0.15, -0.1) is 0 Å². The summed E-state index contributed by atoms with van der Waals surface area (Å²) in [6, 6.07) is 11.3. The lowest BCUT2D eigenvalue weighted by molar-refractivity contribution is -0.140. The highest BCUT2D eigenvalue weighted by Crippen LogP contribution is 2.40. The molecule has 8 amide bonds. The Bertz CT molecular complexity index is 1490. The largest absolute Gasteiger partial charge is 0.335 e. The molecule has 0 aliphatic carbocycles. The Labute approximate surface area is 235 Å². The molecule has 1 aromatic heterocycles. The van der Waals surface area contributed by atoms with Crippen LogP contribution in [0.3, 0.4) is 0 Å². The van der Waals surface area contributed by atoms with E-state index < -0.39 is 53.4 Å². The third kappa shape index (κ3) is 4.97. The van der Waals surface area contributed by atoms with Crippen molar-refractivity contribution in [3.8, 4) is 0 Å². The minimum atomic E-state index is -1.66. The first-order valence-corrected chi connectivity index (χ1v) is 12.9. The number of hydrogen-bond donors (Lipinski definition) is 2. The number of aromatic nitrogens is 1. The number of carbonyl (C=O) groups is 6. The number of amides is 8. The summed E-state index contributed by atoms with van der Waals surface area (Å²) in [6.45, 7) is 7.20. The number of rotatable bonds is 5. The van der Waals surface area contributed by atoms with Gasteiger partial charge >= 0.3 is 12.1 Å². The van der Waals surface area contributed by atoms with Crippen LogP contribution < -0.4 is 20.4 Å². The molecule has 2 N–H and O–H groups in total. The van der Waals surface area contributed by atoms with Gasteiger partial charge in [-0.3, -0.25) is 34.8 Å². The average Bonchev–Trinajstić information content (AvgIpc) is 2.86. The van der Waals surface area contributed by atoms with Gasteiger partial charge in [-0.05, 0) is 91.9 Å². The van der Waals surface area contributed by atoms with E-state index in [9.17, 15) is 28.8 Å². The minimum absolute atomic E-state index is 0.238. The average molecular weight is 554 g/mol. The molecule has 3 aromatic rings. The summed E-state index contributed by atoms with van der Waals surface area (Å²) in [5.41, 5.74) is 3.89. The second-order valence-electron chi connectivity index (χ2n) is 10.4. The predicted molar refractivity (Wildman–Crippen MR) is 148 cm³/mol. The highest BCUT2D eigenvalue weighted by Gasteiger charge is 2.55.